The zero-order chi connectivity index (χ0) is 22.3. The molecule has 1 saturated carbocycles. The minimum atomic E-state index is -1.81. The van der Waals surface area contributed by atoms with Crippen LogP contribution in [-0.4, -0.2) is 43.9 Å². The molecule has 3 atom stereocenters. The van der Waals surface area contributed by atoms with Gasteiger partial charge in [-0.05, 0) is 59.2 Å². The summed E-state index contributed by atoms with van der Waals surface area (Å²) in [7, 11) is -2.14. The third kappa shape index (κ3) is 3.71. The summed E-state index contributed by atoms with van der Waals surface area (Å²) in [5.41, 5.74) is -1.14. The van der Waals surface area contributed by atoms with Crippen molar-refractivity contribution in [2.75, 3.05) is 0 Å². The van der Waals surface area contributed by atoms with Crippen LogP contribution in [0.15, 0.2) is 12.1 Å². The summed E-state index contributed by atoms with van der Waals surface area (Å²) < 4.78 is 25.6. The monoisotopic (exact) mass is 422 g/mol. The molecular formula is C23H43BO4Si. The van der Waals surface area contributed by atoms with Crippen molar-refractivity contribution < 1.29 is 18.5 Å². The Hall–Kier alpha value is -0.138. The minimum absolute atomic E-state index is 0.0207. The number of hydrogen-bond acceptors (Lipinski definition) is 4. The van der Waals surface area contributed by atoms with Crippen LogP contribution in [0.25, 0.3) is 0 Å². The van der Waals surface area contributed by atoms with Gasteiger partial charge in [-0.1, -0.05) is 46.7 Å². The molecule has 1 aliphatic carbocycles. The SMILES string of the molecule is CC1(C)OB(/C=C/[C@@]23O[C@]2(C)C[C@@H](O[Si](C)(C)C(C)(C)C)CC3(C)C)OC1(C)C. The lowest BCUT2D eigenvalue weighted by atomic mass is 9.62. The molecule has 6 heteroatoms. The lowest BCUT2D eigenvalue weighted by Gasteiger charge is -2.45. The molecular weight excluding hydrogens is 379 g/mol. The Kier molecular flexibility index (Phi) is 5.23. The summed E-state index contributed by atoms with van der Waals surface area (Å²) in [4.78, 5) is 0. The average molecular weight is 422 g/mol. The second-order valence-corrected chi connectivity index (χ2v) is 17.6. The van der Waals surface area contributed by atoms with Crippen LogP contribution in [0.4, 0.5) is 0 Å². The van der Waals surface area contributed by atoms with Gasteiger partial charge in [-0.2, -0.15) is 0 Å². The highest BCUT2D eigenvalue weighted by atomic mass is 28.4. The molecule has 3 fully saturated rings. The Morgan fingerprint density at radius 3 is 1.90 bits per heavy atom. The first-order valence-corrected chi connectivity index (χ1v) is 14.1. The number of hydrogen-bond donors (Lipinski definition) is 0. The van der Waals surface area contributed by atoms with E-state index in [4.69, 9.17) is 18.5 Å². The standard InChI is InChI=1S/C23H43BO4Si/c1-18(2,3)29(11,12)25-17-15-19(4,5)23(22(10,16-17)26-23)13-14-24-27-20(6,7)21(8,9)28-24/h13-14,17H,15-16H2,1-12H3/b14-13+/t17-,22+,23-/m0/s1. The second-order valence-electron chi connectivity index (χ2n) is 12.8. The van der Waals surface area contributed by atoms with Gasteiger partial charge in [-0.3, -0.25) is 0 Å². The van der Waals surface area contributed by atoms with Gasteiger partial charge in [-0.15, -0.1) is 0 Å². The number of ether oxygens (including phenoxy) is 1. The Labute approximate surface area is 180 Å². The fraction of sp³-hybridized carbons (Fsp3) is 0.913. The fourth-order valence-electron chi connectivity index (χ4n) is 4.90. The van der Waals surface area contributed by atoms with Crippen molar-refractivity contribution >= 4 is 15.4 Å². The summed E-state index contributed by atoms with van der Waals surface area (Å²) in [5, 5.41) is 0.216. The van der Waals surface area contributed by atoms with Gasteiger partial charge in [0.15, 0.2) is 8.32 Å². The highest BCUT2D eigenvalue weighted by Crippen LogP contribution is 2.66. The maximum atomic E-state index is 6.80. The summed E-state index contributed by atoms with van der Waals surface area (Å²) >= 11 is 0. The first-order valence-electron chi connectivity index (χ1n) is 11.2. The molecule has 0 amide bonds. The van der Waals surface area contributed by atoms with Gasteiger partial charge in [0.25, 0.3) is 0 Å². The van der Waals surface area contributed by atoms with Gasteiger partial charge < -0.3 is 18.5 Å². The number of rotatable bonds is 4. The van der Waals surface area contributed by atoms with Crippen LogP contribution in [0, 0.1) is 5.41 Å². The molecule has 0 aromatic rings. The van der Waals surface area contributed by atoms with Crippen LogP contribution in [0.1, 0.15) is 82.1 Å². The lowest BCUT2D eigenvalue weighted by molar-refractivity contribution is 0.00578. The maximum Gasteiger partial charge on any atom is 0.486 e. The van der Waals surface area contributed by atoms with E-state index in [1.165, 1.54) is 0 Å². The summed E-state index contributed by atoms with van der Waals surface area (Å²) in [6, 6.07) is 0. The van der Waals surface area contributed by atoms with E-state index in [-0.39, 0.29) is 46.1 Å². The average Bonchev–Trinajstić information content (AvgIpc) is 3.01. The van der Waals surface area contributed by atoms with E-state index in [1.54, 1.807) is 0 Å². The molecule has 4 nitrogen and oxygen atoms in total. The first-order chi connectivity index (χ1) is 12.8. The predicted molar refractivity (Wildman–Crippen MR) is 123 cm³/mol. The van der Waals surface area contributed by atoms with Crippen LogP contribution >= 0.6 is 0 Å². The van der Waals surface area contributed by atoms with Crippen LogP contribution < -0.4 is 0 Å². The molecule has 3 rings (SSSR count). The van der Waals surface area contributed by atoms with Crippen LogP contribution in [0.2, 0.25) is 18.1 Å². The predicted octanol–water partition coefficient (Wildman–Crippen LogP) is 5.91. The maximum absolute atomic E-state index is 6.80. The minimum Gasteiger partial charge on any atom is -0.414 e. The van der Waals surface area contributed by atoms with Crippen molar-refractivity contribution in [2.45, 2.75) is 129 Å². The fourth-order valence-corrected chi connectivity index (χ4v) is 6.25. The van der Waals surface area contributed by atoms with E-state index >= 15 is 0 Å². The van der Waals surface area contributed by atoms with Crippen LogP contribution in [-0.2, 0) is 18.5 Å². The van der Waals surface area contributed by atoms with E-state index in [9.17, 15) is 0 Å². The first kappa shape index (κ1) is 23.5. The molecule has 0 N–H and O–H groups in total. The molecule has 0 bridgehead atoms. The van der Waals surface area contributed by atoms with Crippen LogP contribution in [0.3, 0.4) is 0 Å². The molecule has 2 saturated heterocycles. The van der Waals surface area contributed by atoms with E-state index in [1.807, 2.05) is 0 Å². The zero-order valence-corrected chi connectivity index (χ0v) is 21.9. The Bertz CT molecular complexity index is 677. The summed E-state index contributed by atoms with van der Waals surface area (Å²) in [6.07, 6.45) is 4.41. The van der Waals surface area contributed by atoms with E-state index < -0.39 is 8.32 Å². The smallest absolute Gasteiger partial charge is 0.414 e. The van der Waals surface area contributed by atoms with Crippen molar-refractivity contribution in [2.24, 2.45) is 5.41 Å². The van der Waals surface area contributed by atoms with Crippen molar-refractivity contribution in [3.63, 3.8) is 0 Å². The molecule has 0 radical (unpaired) electrons. The third-order valence-corrected chi connectivity index (χ3v) is 13.1. The van der Waals surface area contributed by atoms with Crippen LogP contribution in [0.5, 0.6) is 0 Å². The number of epoxide rings is 1. The highest BCUT2D eigenvalue weighted by molar-refractivity contribution is 6.74. The zero-order valence-electron chi connectivity index (χ0n) is 20.9. The molecule has 0 spiro atoms. The molecule has 29 heavy (non-hydrogen) atoms. The summed E-state index contributed by atoms with van der Waals surface area (Å²) in [5.74, 6) is 2.07. The second kappa shape index (κ2) is 6.44. The quantitative estimate of drug-likeness (QED) is 0.417. The van der Waals surface area contributed by atoms with Crippen molar-refractivity contribution in [3.8, 4) is 0 Å². The number of fused-ring (bicyclic) bond motifs is 1. The topological polar surface area (TPSA) is 40.2 Å². The molecule has 166 valence electrons. The molecule has 0 aromatic carbocycles. The largest absolute Gasteiger partial charge is 0.486 e. The van der Waals surface area contributed by atoms with E-state index in [0.717, 1.165) is 12.8 Å². The van der Waals surface area contributed by atoms with Gasteiger partial charge in [-0.25, -0.2) is 0 Å². The third-order valence-electron chi connectivity index (χ3n) is 8.52. The van der Waals surface area contributed by atoms with Gasteiger partial charge in [0.1, 0.15) is 11.2 Å². The Morgan fingerprint density at radius 2 is 1.45 bits per heavy atom. The Balaban J connectivity index is 1.75. The van der Waals surface area contributed by atoms with Gasteiger partial charge >= 0.3 is 7.12 Å². The molecule has 3 aliphatic rings. The highest BCUT2D eigenvalue weighted by Gasteiger charge is 2.75. The van der Waals surface area contributed by atoms with E-state index in [0.29, 0.717) is 0 Å². The van der Waals surface area contributed by atoms with Gasteiger partial charge in [0.05, 0.1) is 11.2 Å². The van der Waals surface area contributed by atoms with Crippen molar-refractivity contribution in [1.29, 1.82) is 0 Å². The van der Waals surface area contributed by atoms with E-state index in [2.05, 4.69) is 94.4 Å². The molecule has 0 aromatic heterocycles. The molecule has 0 unspecified atom stereocenters. The molecule has 2 aliphatic heterocycles. The lowest BCUT2D eigenvalue weighted by Crippen LogP contribution is -2.51. The molecule has 2 heterocycles. The Morgan fingerprint density at radius 1 is 0.931 bits per heavy atom. The normalized spacial score (nSPS) is 38.3. The van der Waals surface area contributed by atoms with Crippen molar-refractivity contribution in [1.82, 2.24) is 0 Å². The van der Waals surface area contributed by atoms with Gasteiger partial charge in [0.2, 0.25) is 0 Å². The van der Waals surface area contributed by atoms with Gasteiger partial charge in [0, 0.05) is 17.9 Å². The summed E-state index contributed by atoms with van der Waals surface area (Å²) in [6.45, 7) is 26.8. The van der Waals surface area contributed by atoms with Crippen molar-refractivity contribution in [3.05, 3.63) is 12.1 Å².